The second-order valence-corrected chi connectivity index (χ2v) is 4.38. The van der Waals surface area contributed by atoms with Crippen LogP contribution in [-0.2, 0) is 4.74 Å². The van der Waals surface area contributed by atoms with E-state index in [1.807, 2.05) is 12.3 Å². The molecule has 0 radical (unpaired) electrons. The molecular weight excluding hydrogens is 256 g/mol. The number of ether oxygens (including phenoxy) is 1. The summed E-state index contributed by atoms with van der Waals surface area (Å²) in [5.41, 5.74) is 1.43. The molecule has 1 aliphatic heterocycles. The van der Waals surface area contributed by atoms with Crippen LogP contribution in [-0.4, -0.2) is 36.6 Å². The third-order valence-electron chi connectivity index (χ3n) is 3.06. The van der Waals surface area contributed by atoms with Gasteiger partial charge in [-0.3, -0.25) is 10.6 Å². The number of nitrogens with one attached hydrogen (secondary N) is 1. The molecule has 5 nitrogen and oxygen atoms in total. The average molecular weight is 271 g/mol. The van der Waals surface area contributed by atoms with Gasteiger partial charge in [0.15, 0.2) is 11.6 Å². The minimum Gasteiger partial charge on any atom is -0.377 e. The van der Waals surface area contributed by atoms with Gasteiger partial charge in [-0.25, -0.2) is 8.78 Å². The number of halogens is 2. The molecule has 1 aromatic carbocycles. The molecule has 0 aliphatic carbocycles. The van der Waals surface area contributed by atoms with Crippen LogP contribution < -0.4 is 11.3 Å². The Balaban J connectivity index is 2.28. The highest BCUT2D eigenvalue weighted by atomic mass is 19.1. The highest BCUT2D eigenvalue weighted by Crippen LogP contribution is 2.21. The number of carbonyl (C=O) groups is 1. The number of carbonyl (C=O) groups excluding carboxylic acids is 1. The minimum atomic E-state index is -0.897. The lowest BCUT2D eigenvalue weighted by Crippen LogP contribution is -2.47. The molecule has 3 N–H and O–H groups in total. The summed E-state index contributed by atoms with van der Waals surface area (Å²) in [6.07, 6.45) is 0. The summed E-state index contributed by atoms with van der Waals surface area (Å²) in [6, 6.07) is 1.82. The number of hydrogen-bond acceptors (Lipinski definition) is 4. The van der Waals surface area contributed by atoms with E-state index < -0.39 is 23.2 Å². The van der Waals surface area contributed by atoms with Crippen molar-refractivity contribution in [3.63, 3.8) is 0 Å². The van der Waals surface area contributed by atoms with Gasteiger partial charge in [-0.15, -0.1) is 0 Å². The number of rotatable bonds is 2. The highest BCUT2D eigenvalue weighted by Gasteiger charge is 2.26. The molecule has 0 bridgehead atoms. The van der Waals surface area contributed by atoms with Gasteiger partial charge in [-0.1, -0.05) is 0 Å². The van der Waals surface area contributed by atoms with E-state index in [2.05, 4.69) is 0 Å². The summed E-state index contributed by atoms with van der Waals surface area (Å²) in [6.45, 7) is 3.06. The molecule has 2 rings (SSSR count). The van der Waals surface area contributed by atoms with Crippen LogP contribution in [0.5, 0.6) is 0 Å². The number of anilines is 1. The maximum absolute atomic E-state index is 13.6. The summed E-state index contributed by atoms with van der Waals surface area (Å²) in [4.78, 5) is 13.7. The summed E-state index contributed by atoms with van der Waals surface area (Å²) >= 11 is 0. The zero-order chi connectivity index (χ0) is 14.0. The third kappa shape index (κ3) is 2.66. The molecule has 1 saturated heterocycles. The number of amides is 1. The number of benzene rings is 1. The zero-order valence-electron chi connectivity index (χ0n) is 10.5. The largest absolute Gasteiger partial charge is 0.377 e. The van der Waals surface area contributed by atoms with E-state index in [-0.39, 0.29) is 11.6 Å². The minimum absolute atomic E-state index is 0.0391. The van der Waals surface area contributed by atoms with Crippen LogP contribution in [0, 0.1) is 11.6 Å². The predicted octanol–water partition coefficient (Wildman–Crippen LogP) is 1.11. The molecule has 19 heavy (non-hydrogen) atoms. The molecule has 7 heteroatoms. The van der Waals surface area contributed by atoms with Crippen molar-refractivity contribution in [3.8, 4) is 0 Å². The van der Waals surface area contributed by atoms with Gasteiger partial charge in [0.1, 0.15) is 5.69 Å². The van der Waals surface area contributed by atoms with E-state index in [0.29, 0.717) is 19.8 Å². The number of morpholine rings is 1. The number of nitrogens with two attached hydrogens (primary N) is 1. The van der Waals surface area contributed by atoms with Crippen molar-refractivity contribution in [3.05, 3.63) is 29.3 Å². The van der Waals surface area contributed by atoms with Crippen LogP contribution in [0.2, 0.25) is 0 Å². The molecule has 1 atom stereocenters. The molecule has 1 fully saturated rings. The van der Waals surface area contributed by atoms with Crippen molar-refractivity contribution in [2.24, 2.45) is 5.84 Å². The van der Waals surface area contributed by atoms with Crippen LogP contribution in [0.4, 0.5) is 14.5 Å². The quantitative estimate of drug-likeness (QED) is 0.624. The highest BCUT2D eigenvalue weighted by molar-refractivity contribution is 5.95. The van der Waals surface area contributed by atoms with Gasteiger partial charge >= 0.3 is 0 Å². The van der Waals surface area contributed by atoms with Gasteiger partial charge < -0.3 is 15.1 Å². The number of hydrazine groups is 1. The maximum Gasteiger partial charge on any atom is 0.254 e. The molecule has 1 heterocycles. The second-order valence-electron chi connectivity index (χ2n) is 4.38. The molecule has 1 aliphatic rings. The van der Waals surface area contributed by atoms with Crippen molar-refractivity contribution in [2.45, 2.75) is 13.0 Å². The SMILES string of the molecule is CC1COCCN1C(=O)c1cc(F)c(NN)c(F)c1. The normalized spacial score (nSPS) is 19.4. The molecular formula is C12H15F2N3O2. The number of nitrogens with zero attached hydrogens (tertiary/aromatic N) is 1. The van der Waals surface area contributed by atoms with E-state index in [9.17, 15) is 13.6 Å². The Morgan fingerprint density at radius 2 is 2.11 bits per heavy atom. The summed E-state index contributed by atoms with van der Waals surface area (Å²) < 4.78 is 32.3. The van der Waals surface area contributed by atoms with Gasteiger partial charge in [0.2, 0.25) is 0 Å². The summed E-state index contributed by atoms with van der Waals surface area (Å²) in [5.74, 6) is 2.79. The lowest BCUT2D eigenvalue weighted by Gasteiger charge is -2.33. The van der Waals surface area contributed by atoms with Gasteiger partial charge in [-0.05, 0) is 19.1 Å². The Morgan fingerprint density at radius 3 is 2.63 bits per heavy atom. The van der Waals surface area contributed by atoms with E-state index in [0.717, 1.165) is 12.1 Å². The average Bonchev–Trinajstić information content (AvgIpc) is 2.38. The van der Waals surface area contributed by atoms with Crippen molar-refractivity contribution in [1.82, 2.24) is 4.90 Å². The Morgan fingerprint density at radius 1 is 1.47 bits per heavy atom. The van der Waals surface area contributed by atoms with Gasteiger partial charge in [0.25, 0.3) is 5.91 Å². The first-order valence-corrected chi connectivity index (χ1v) is 5.89. The molecule has 1 aromatic rings. The Hall–Kier alpha value is -1.73. The van der Waals surface area contributed by atoms with E-state index >= 15 is 0 Å². The lowest BCUT2D eigenvalue weighted by atomic mass is 10.1. The fraction of sp³-hybridized carbons (Fsp3) is 0.417. The second kappa shape index (κ2) is 5.50. The van der Waals surface area contributed by atoms with Crippen LogP contribution >= 0.6 is 0 Å². The first-order valence-electron chi connectivity index (χ1n) is 5.89. The standard InChI is InChI=1S/C12H15F2N3O2/c1-7-6-19-3-2-17(7)12(18)8-4-9(13)11(16-15)10(14)5-8/h4-5,7,16H,2-3,6,15H2,1H3. The smallest absolute Gasteiger partial charge is 0.254 e. The van der Waals surface area contributed by atoms with Gasteiger partial charge in [0.05, 0.1) is 19.3 Å². The van der Waals surface area contributed by atoms with Crippen molar-refractivity contribution >= 4 is 11.6 Å². The maximum atomic E-state index is 13.6. The number of hydrogen-bond donors (Lipinski definition) is 2. The topological polar surface area (TPSA) is 67.6 Å². The van der Waals surface area contributed by atoms with Gasteiger partial charge in [0, 0.05) is 12.1 Å². The molecule has 0 saturated carbocycles. The monoisotopic (exact) mass is 271 g/mol. The Labute approximate surface area is 109 Å². The molecule has 104 valence electrons. The molecule has 0 aromatic heterocycles. The van der Waals surface area contributed by atoms with Crippen LogP contribution in [0.1, 0.15) is 17.3 Å². The Bertz CT molecular complexity index is 473. The van der Waals surface area contributed by atoms with Crippen LogP contribution in [0.15, 0.2) is 12.1 Å². The Kier molecular flexibility index (Phi) is 3.96. The van der Waals surface area contributed by atoms with Crippen molar-refractivity contribution < 1.29 is 18.3 Å². The predicted molar refractivity (Wildman–Crippen MR) is 65.5 cm³/mol. The summed E-state index contributed by atoms with van der Waals surface area (Å²) in [7, 11) is 0. The van der Waals surface area contributed by atoms with E-state index in [4.69, 9.17) is 10.6 Å². The molecule has 1 amide bonds. The first kappa shape index (κ1) is 13.7. The number of nitrogen functional groups attached to an aromatic ring is 1. The fourth-order valence-corrected chi connectivity index (χ4v) is 2.03. The van der Waals surface area contributed by atoms with Gasteiger partial charge in [-0.2, -0.15) is 0 Å². The molecule has 0 spiro atoms. The lowest BCUT2D eigenvalue weighted by molar-refractivity contribution is 0.00355. The van der Waals surface area contributed by atoms with Crippen LogP contribution in [0.3, 0.4) is 0 Å². The summed E-state index contributed by atoms with van der Waals surface area (Å²) in [5, 5.41) is 0. The third-order valence-corrected chi connectivity index (χ3v) is 3.06. The van der Waals surface area contributed by atoms with Crippen molar-refractivity contribution in [1.29, 1.82) is 0 Å². The van der Waals surface area contributed by atoms with Crippen molar-refractivity contribution in [2.75, 3.05) is 25.2 Å². The van der Waals surface area contributed by atoms with Crippen LogP contribution in [0.25, 0.3) is 0 Å². The first-order chi connectivity index (χ1) is 9.04. The fourth-order valence-electron chi connectivity index (χ4n) is 2.03. The van der Waals surface area contributed by atoms with E-state index in [1.54, 1.807) is 0 Å². The molecule has 1 unspecified atom stereocenters. The van der Waals surface area contributed by atoms with E-state index in [1.165, 1.54) is 4.90 Å². The zero-order valence-corrected chi connectivity index (χ0v) is 10.5.